The molecule has 0 spiro atoms. The molecule has 0 bridgehead atoms. The lowest BCUT2D eigenvalue weighted by molar-refractivity contribution is 0.102. The molecule has 1 heterocycles. The predicted molar refractivity (Wildman–Crippen MR) is 74.0 cm³/mol. The summed E-state index contributed by atoms with van der Waals surface area (Å²) >= 11 is 6.24. The van der Waals surface area contributed by atoms with E-state index >= 15 is 0 Å². The zero-order chi connectivity index (χ0) is 13.1. The topological polar surface area (TPSA) is 42.0 Å². The number of aromatic nitrogens is 1. The van der Waals surface area contributed by atoms with Gasteiger partial charge in [0, 0.05) is 5.56 Å². The first-order chi connectivity index (χ1) is 8.56. The minimum absolute atomic E-state index is 0.254. The first-order valence-corrected chi connectivity index (χ1v) is 6.53. The highest BCUT2D eigenvalue weighted by Crippen LogP contribution is 2.18. The van der Waals surface area contributed by atoms with Gasteiger partial charge in [0.2, 0.25) is 0 Å². The molecule has 2 rings (SSSR count). The van der Waals surface area contributed by atoms with Gasteiger partial charge in [0.05, 0.1) is 16.4 Å². The van der Waals surface area contributed by atoms with Crippen molar-refractivity contribution in [2.75, 3.05) is 5.32 Å². The van der Waals surface area contributed by atoms with E-state index in [1.807, 2.05) is 0 Å². The molecule has 0 unspecified atom stereocenters. The summed E-state index contributed by atoms with van der Waals surface area (Å²) in [5.41, 5.74) is 0.940. The normalized spacial score (nSPS) is 10.2. The molecule has 1 N–H and O–H groups in total. The van der Waals surface area contributed by atoms with Crippen LogP contribution in [0.2, 0.25) is 0 Å². The first kappa shape index (κ1) is 13.2. The van der Waals surface area contributed by atoms with Gasteiger partial charge in [-0.25, -0.2) is 9.37 Å². The molecule has 0 fully saturated rings. The van der Waals surface area contributed by atoms with Crippen LogP contribution in [0, 0.1) is 5.82 Å². The fourth-order valence-electron chi connectivity index (χ4n) is 1.29. The van der Waals surface area contributed by atoms with Crippen LogP contribution in [-0.4, -0.2) is 10.9 Å². The number of amides is 1. The largest absolute Gasteiger partial charge is 0.321 e. The molecule has 0 saturated carbocycles. The summed E-state index contributed by atoms with van der Waals surface area (Å²) in [4.78, 5) is 15.9. The molecule has 18 heavy (non-hydrogen) atoms. The minimum atomic E-state index is -0.406. The second-order valence-corrected chi connectivity index (χ2v) is 5.12. The first-order valence-electron chi connectivity index (χ1n) is 4.94. The van der Waals surface area contributed by atoms with Crippen LogP contribution in [0.3, 0.4) is 0 Å². The Morgan fingerprint density at radius 2 is 2.00 bits per heavy atom. The molecular weight excluding hydrogens is 367 g/mol. The molecule has 0 aliphatic rings. The van der Waals surface area contributed by atoms with Crippen LogP contribution < -0.4 is 5.32 Å². The summed E-state index contributed by atoms with van der Waals surface area (Å²) in [5.74, 6) is -0.725. The summed E-state index contributed by atoms with van der Waals surface area (Å²) in [5, 5.41) is 2.67. The van der Waals surface area contributed by atoms with Gasteiger partial charge < -0.3 is 5.32 Å². The van der Waals surface area contributed by atoms with E-state index in [4.69, 9.17) is 0 Å². The highest BCUT2D eigenvalue weighted by Gasteiger charge is 2.08. The second-order valence-electron chi connectivity index (χ2n) is 3.45. The lowest BCUT2D eigenvalue weighted by Gasteiger charge is -2.05. The molecule has 0 atom stereocenters. The molecular formula is C12H7Br2FN2O. The van der Waals surface area contributed by atoms with E-state index in [0.717, 1.165) is 0 Å². The smallest absolute Gasteiger partial charge is 0.255 e. The van der Waals surface area contributed by atoms with E-state index in [9.17, 15) is 9.18 Å². The molecule has 0 radical (unpaired) electrons. The zero-order valence-electron chi connectivity index (χ0n) is 8.95. The van der Waals surface area contributed by atoms with Crippen LogP contribution in [0.25, 0.3) is 0 Å². The molecule has 0 saturated heterocycles. The molecule has 0 aliphatic heterocycles. The maximum atomic E-state index is 13.0. The quantitative estimate of drug-likeness (QED) is 0.808. The molecule has 0 aliphatic carbocycles. The summed E-state index contributed by atoms with van der Waals surface area (Å²) in [6, 6.07) is 7.52. The average molecular weight is 374 g/mol. The Morgan fingerprint density at radius 3 is 2.61 bits per heavy atom. The number of benzene rings is 1. The van der Waals surface area contributed by atoms with E-state index in [2.05, 4.69) is 42.2 Å². The molecule has 6 heteroatoms. The number of hydrogen-bond donors (Lipinski definition) is 1. The maximum Gasteiger partial charge on any atom is 0.255 e. The molecule has 2 aromatic rings. The fourth-order valence-corrected chi connectivity index (χ4v) is 1.90. The van der Waals surface area contributed by atoms with Crippen LogP contribution in [0.4, 0.5) is 10.1 Å². The SMILES string of the molecule is O=C(Nc1ccc(Br)nc1)c1ccc(F)c(Br)c1. The monoisotopic (exact) mass is 372 g/mol. The van der Waals surface area contributed by atoms with Crippen LogP contribution in [0.1, 0.15) is 10.4 Å². The van der Waals surface area contributed by atoms with E-state index in [1.54, 1.807) is 12.1 Å². The summed E-state index contributed by atoms with van der Waals surface area (Å²) in [6.45, 7) is 0. The molecule has 1 aromatic carbocycles. The van der Waals surface area contributed by atoms with Gasteiger partial charge >= 0.3 is 0 Å². The minimum Gasteiger partial charge on any atom is -0.321 e. The Hall–Kier alpha value is -1.27. The molecule has 3 nitrogen and oxygen atoms in total. The van der Waals surface area contributed by atoms with E-state index in [1.165, 1.54) is 24.4 Å². The zero-order valence-corrected chi connectivity index (χ0v) is 12.1. The van der Waals surface area contributed by atoms with E-state index in [-0.39, 0.29) is 10.4 Å². The van der Waals surface area contributed by atoms with Crippen molar-refractivity contribution >= 4 is 43.5 Å². The third kappa shape index (κ3) is 3.14. The number of hydrogen-bond acceptors (Lipinski definition) is 2. The van der Waals surface area contributed by atoms with Crippen LogP contribution >= 0.6 is 31.9 Å². The molecule has 1 amide bonds. The fraction of sp³-hybridized carbons (Fsp3) is 0. The van der Waals surface area contributed by atoms with E-state index < -0.39 is 5.82 Å². The predicted octanol–water partition coefficient (Wildman–Crippen LogP) is 4.00. The number of nitrogens with one attached hydrogen (secondary N) is 1. The van der Waals surface area contributed by atoms with Crippen LogP contribution in [0.15, 0.2) is 45.6 Å². The number of carbonyl (C=O) groups excluding carboxylic acids is 1. The number of carbonyl (C=O) groups is 1. The Labute approximate surface area is 120 Å². The number of rotatable bonds is 2. The van der Waals surface area contributed by atoms with Crippen molar-refractivity contribution in [3.05, 3.63) is 57.0 Å². The van der Waals surface area contributed by atoms with Gasteiger partial charge in [-0.1, -0.05) is 0 Å². The van der Waals surface area contributed by atoms with Crippen LogP contribution in [-0.2, 0) is 0 Å². The van der Waals surface area contributed by atoms with Gasteiger partial charge in [-0.2, -0.15) is 0 Å². The highest BCUT2D eigenvalue weighted by atomic mass is 79.9. The number of nitrogens with zero attached hydrogens (tertiary/aromatic N) is 1. The Morgan fingerprint density at radius 1 is 1.22 bits per heavy atom. The number of halogens is 3. The van der Waals surface area contributed by atoms with Gasteiger partial charge in [-0.3, -0.25) is 4.79 Å². The lowest BCUT2D eigenvalue weighted by atomic mass is 10.2. The Bertz CT molecular complexity index is 587. The highest BCUT2D eigenvalue weighted by molar-refractivity contribution is 9.10. The summed E-state index contributed by atoms with van der Waals surface area (Å²) in [6.07, 6.45) is 1.53. The third-order valence-electron chi connectivity index (χ3n) is 2.17. The van der Waals surface area contributed by atoms with E-state index in [0.29, 0.717) is 15.9 Å². The van der Waals surface area contributed by atoms with Gasteiger partial charge in [0.25, 0.3) is 5.91 Å². The van der Waals surface area contributed by atoms with Crippen molar-refractivity contribution in [3.63, 3.8) is 0 Å². The summed E-state index contributed by atoms with van der Waals surface area (Å²) in [7, 11) is 0. The van der Waals surface area contributed by atoms with Gasteiger partial charge in [-0.05, 0) is 62.2 Å². The van der Waals surface area contributed by atoms with Gasteiger partial charge in [0.1, 0.15) is 10.4 Å². The van der Waals surface area contributed by atoms with Crippen molar-refractivity contribution in [3.8, 4) is 0 Å². The maximum absolute atomic E-state index is 13.0. The third-order valence-corrected chi connectivity index (χ3v) is 3.24. The van der Waals surface area contributed by atoms with Crippen molar-refractivity contribution in [2.45, 2.75) is 0 Å². The van der Waals surface area contributed by atoms with Crippen molar-refractivity contribution < 1.29 is 9.18 Å². The summed E-state index contributed by atoms with van der Waals surface area (Å²) < 4.78 is 14.0. The van der Waals surface area contributed by atoms with Crippen molar-refractivity contribution in [1.29, 1.82) is 0 Å². The van der Waals surface area contributed by atoms with Crippen molar-refractivity contribution in [1.82, 2.24) is 4.98 Å². The molecule has 92 valence electrons. The Kier molecular flexibility index (Phi) is 4.08. The van der Waals surface area contributed by atoms with Crippen molar-refractivity contribution in [2.24, 2.45) is 0 Å². The standard InChI is InChI=1S/C12H7Br2FN2O/c13-9-5-7(1-3-10(9)15)12(18)17-8-2-4-11(14)16-6-8/h1-6H,(H,17,18). The average Bonchev–Trinajstić information content (AvgIpc) is 2.35. The Balaban J connectivity index is 2.16. The number of anilines is 1. The number of pyridine rings is 1. The van der Waals surface area contributed by atoms with Gasteiger partial charge in [-0.15, -0.1) is 0 Å². The van der Waals surface area contributed by atoms with Gasteiger partial charge in [0.15, 0.2) is 0 Å². The lowest BCUT2D eigenvalue weighted by Crippen LogP contribution is -2.12. The molecule has 1 aromatic heterocycles. The van der Waals surface area contributed by atoms with Crippen LogP contribution in [0.5, 0.6) is 0 Å². The second kappa shape index (κ2) is 5.58.